The van der Waals surface area contributed by atoms with E-state index in [-0.39, 0.29) is 17.2 Å². The molecule has 184 valence electrons. The fourth-order valence-corrected chi connectivity index (χ4v) is 3.07. The molecule has 9 nitrogen and oxygen atoms in total. The molecular formula is C24H25ClFN5O4. The summed E-state index contributed by atoms with van der Waals surface area (Å²) in [5.41, 5.74) is 0.756. The molecule has 0 saturated carbocycles. The third-order valence-electron chi connectivity index (χ3n) is 4.61. The summed E-state index contributed by atoms with van der Waals surface area (Å²) in [4.78, 5) is 30.2. The Hall–Kier alpha value is -3.89. The van der Waals surface area contributed by atoms with Crippen molar-refractivity contribution in [2.75, 3.05) is 44.9 Å². The number of benzene rings is 2. The maximum absolute atomic E-state index is 13.8. The van der Waals surface area contributed by atoms with Crippen molar-refractivity contribution >= 4 is 34.9 Å². The summed E-state index contributed by atoms with van der Waals surface area (Å²) in [6.45, 7) is 1.24. The number of rotatable bonds is 9. The minimum absolute atomic E-state index is 0.145. The second-order valence-corrected chi connectivity index (χ2v) is 7.99. The molecule has 0 unspecified atom stereocenters. The fourth-order valence-electron chi connectivity index (χ4n) is 2.84. The Morgan fingerprint density at radius 1 is 1.06 bits per heavy atom. The predicted molar refractivity (Wildman–Crippen MR) is 132 cm³/mol. The van der Waals surface area contributed by atoms with Crippen molar-refractivity contribution in [1.82, 2.24) is 15.2 Å². The van der Waals surface area contributed by atoms with Crippen molar-refractivity contribution in [2.45, 2.75) is 0 Å². The van der Waals surface area contributed by atoms with E-state index in [1.807, 2.05) is 19.0 Å². The van der Waals surface area contributed by atoms with Crippen molar-refractivity contribution in [3.63, 3.8) is 0 Å². The molecule has 3 amide bonds. The third-order valence-corrected chi connectivity index (χ3v) is 4.91. The Kier molecular flexibility index (Phi) is 8.82. The highest BCUT2D eigenvalue weighted by Gasteiger charge is 2.12. The Morgan fingerprint density at radius 3 is 2.46 bits per heavy atom. The number of amides is 3. The smallest absolute Gasteiger partial charge is 0.323 e. The van der Waals surface area contributed by atoms with Crippen molar-refractivity contribution in [3.05, 3.63) is 71.1 Å². The molecule has 11 heteroatoms. The first-order valence-electron chi connectivity index (χ1n) is 10.6. The molecule has 0 atom stereocenters. The van der Waals surface area contributed by atoms with Crippen LogP contribution in [0, 0.1) is 5.82 Å². The van der Waals surface area contributed by atoms with Gasteiger partial charge in [-0.25, -0.2) is 14.2 Å². The predicted octanol–water partition coefficient (Wildman–Crippen LogP) is 4.61. The Balaban J connectivity index is 1.56. The number of likely N-dealkylation sites (N-methyl/N-ethyl adjacent to an activating group) is 1. The minimum Gasteiger partial charge on any atom is -0.491 e. The van der Waals surface area contributed by atoms with Crippen LogP contribution in [0.4, 0.5) is 20.6 Å². The van der Waals surface area contributed by atoms with Gasteiger partial charge in [0, 0.05) is 25.3 Å². The van der Waals surface area contributed by atoms with Crippen LogP contribution in [0.25, 0.3) is 0 Å². The van der Waals surface area contributed by atoms with Crippen molar-refractivity contribution < 1.29 is 23.5 Å². The zero-order valence-corrected chi connectivity index (χ0v) is 20.1. The molecule has 0 spiro atoms. The standard InChI is InChI=1S/C24H25ClFN5O4/c1-27-23(32)18-13-17(6-7-20(18)26)35-22-9-5-16(14-28-22)30-24(33)29-15-4-8-21(19(25)12-15)34-11-10-31(2)3/h4-9,12-14H,10-11H2,1-3H3,(H,27,32)(H2,29,30,33). The maximum atomic E-state index is 13.8. The van der Waals surface area contributed by atoms with E-state index in [1.165, 1.54) is 31.4 Å². The number of hydrogen-bond acceptors (Lipinski definition) is 6. The van der Waals surface area contributed by atoms with Crippen LogP contribution in [0.15, 0.2) is 54.7 Å². The van der Waals surface area contributed by atoms with Gasteiger partial charge >= 0.3 is 6.03 Å². The lowest BCUT2D eigenvalue weighted by atomic mass is 10.2. The number of carbonyl (C=O) groups is 2. The van der Waals surface area contributed by atoms with E-state index >= 15 is 0 Å². The van der Waals surface area contributed by atoms with Crippen LogP contribution in [0.2, 0.25) is 5.02 Å². The topological polar surface area (TPSA) is 105 Å². The second kappa shape index (κ2) is 12.0. The maximum Gasteiger partial charge on any atom is 0.323 e. The van der Waals surface area contributed by atoms with Crippen molar-refractivity contribution in [3.8, 4) is 17.4 Å². The summed E-state index contributed by atoms with van der Waals surface area (Å²) < 4.78 is 25.0. The highest BCUT2D eigenvalue weighted by molar-refractivity contribution is 6.32. The normalized spacial score (nSPS) is 10.6. The molecule has 0 radical (unpaired) electrons. The van der Waals surface area contributed by atoms with Crippen LogP contribution in [0.3, 0.4) is 0 Å². The number of nitrogens with one attached hydrogen (secondary N) is 3. The van der Waals surface area contributed by atoms with E-state index in [2.05, 4.69) is 20.9 Å². The summed E-state index contributed by atoms with van der Waals surface area (Å²) in [6.07, 6.45) is 1.40. The molecule has 0 aliphatic carbocycles. The van der Waals surface area contributed by atoms with Gasteiger partial charge in [-0.05, 0) is 56.6 Å². The third kappa shape index (κ3) is 7.56. The first-order chi connectivity index (χ1) is 16.7. The number of anilines is 2. The number of aromatic nitrogens is 1. The first kappa shape index (κ1) is 25.7. The zero-order chi connectivity index (χ0) is 25.4. The van der Waals surface area contributed by atoms with Gasteiger partial charge in [-0.3, -0.25) is 4.79 Å². The number of halogens is 2. The van der Waals surface area contributed by atoms with Gasteiger partial charge in [0.2, 0.25) is 5.88 Å². The van der Waals surface area contributed by atoms with E-state index in [0.717, 1.165) is 12.6 Å². The largest absolute Gasteiger partial charge is 0.491 e. The van der Waals surface area contributed by atoms with Gasteiger partial charge < -0.3 is 30.3 Å². The van der Waals surface area contributed by atoms with Crippen LogP contribution in [0.1, 0.15) is 10.4 Å². The summed E-state index contributed by atoms with van der Waals surface area (Å²) in [5, 5.41) is 8.08. The van der Waals surface area contributed by atoms with E-state index in [0.29, 0.717) is 28.8 Å². The van der Waals surface area contributed by atoms with Crippen molar-refractivity contribution in [2.24, 2.45) is 0 Å². The number of ether oxygens (including phenoxy) is 2. The number of carbonyl (C=O) groups excluding carboxylic acids is 2. The van der Waals surface area contributed by atoms with Gasteiger partial charge in [0.05, 0.1) is 22.5 Å². The lowest BCUT2D eigenvalue weighted by Crippen LogP contribution is -2.20. The second-order valence-electron chi connectivity index (χ2n) is 7.58. The van der Waals surface area contributed by atoms with Gasteiger partial charge in [-0.2, -0.15) is 0 Å². The Morgan fingerprint density at radius 2 is 1.80 bits per heavy atom. The van der Waals surface area contributed by atoms with Crippen LogP contribution in [-0.2, 0) is 0 Å². The Bertz CT molecular complexity index is 1190. The average Bonchev–Trinajstić information content (AvgIpc) is 2.82. The fraction of sp³-hybridized carbons (Fsp3) is 0.208. The molecule has 0 saturated heterocycles. The molecule has 0 aliphatic heterocycles. The summed E-state index contributed by atoms with van der Waals surface area (Å²) in [6, 6.07) is 11.4. The molecule has 35 heavy (non-hydrogen) atoms. The van der Waals surface area contributed by atoms with Gasteiger partial charge in [0.1, 0.15) is 23.9 Å². The SMILES string of the molecule is CNC(=O)c1cc(Oc2ccc(NC(=O)Nc3ccc(OCCN(C)C)c(Cl)c3)cn2)ccc1F. The quantitative estimate of drug-likeness (QED) is 0.395. The summed E-state index contributed by atoms with van der Waals surface area (Å²) in [7, 11) is 5.30. The van der Waals surface area contributed by atoms with E-state index < -0.39 is 17.8 Å². The van der Waals surface area contributed by atoms with Crippen LogP contribution in [0.5, 0.6) is 17.4 Å². The van der Waals surface area contributed by atoms with Gasteiger partial charge in [-0.15, -0.1) is 0 Å². The van der Waals surface area contributed by atoms with Crippen LogP contribution < -0.4 is 25.4 Å². The molecule has 3 rings (SSSR count). The molecule has 1 aromatic heterocycles. The molecule has 0 aliphatic rings. The number of nitrogens with zero attached hydrogens (tertiary/aromatic N) is 2. The number of hydrogen-bond donors (Lipinski definition) is 3. The highest BCUT2D eigenvalue weighted by atomic mass is 35.5. The van der Waals surface area contributed by atoms with E-state index in [4.69, 9.17) is 21.1 Å². The molecular weight excluding hydrogens is 477 g/mol. The van der Waals surface area contributed by atoms with Gasteiger partial charge in [0.15, 0.2) is 0 Å². The highest BCUT2D eigenvalue weighted by Crippen LogP contribution is 2.28. The van der Waals surface area contributed by atoms with Crippen LogP contribution in [-0.4, -0.2) is 56.1 Å². The van der Waals surface area contributed by atoms with Gasteiger partial charge in [-0.1, -0.05) is 11.6 Å². The average molecular weight is 502 g/mol. The zero-order valence-electron chi connectivity index (χ0n) is 19.4. The lowest BCUT2D eigenvalue weighted by Gasteiger charge is -2.13. The monoisotopic (exact) mass is 501 g/mol. The first-order valence-corrected chi connectivity index (χ1v) is 10.9. The molecule has 0 bridgehead atoms. The molecule has 0 fully saturated rings. The number of pyridine rings is 1. The van der Waals surface area contributed by atoms with Crippen molar-refractivity contribution in [1.29, 1.82) is 0 Å². The molecule has 1 heterocycles. The number of urea groups is 1. The minimum atomic E-state index is -0.664. The summed E-state index contributed by atoms with van der Waals surface area (Å²) >= 11 is 6.24. The molecule has 2 aromatic carbocycles. The Labute approximate surface area is 207 Å². The van der Waals surface area contributed by atoms with Gasteiger partial charge in [0.25, 0.3) is 5.91 Å². The van der Waals surface area contributed by atoms with E-state index in [9.17, 15) is 14.0 Å². The lowest BCUT2D eigenvalue weighted by molar-refractivity contribution is 0.0958. The molecule has 3 N–H and O–H groups in total. The molecule has 3 aromatic rings. The van der Waals surface area contributed by atoms with E-state index in [1.54, 1.807) is 24.3 Å². The van der Waals surface area contributed by atoms with Crippen LogP contribution >= 0.6 is 11.6 Å². The summed E-state index contributed by atoms with van der Waals surface area (Å²) in [5.74, 6) is -0.269.